The van der Waals surface area contributed by atoms with Crippen molar-refractivity contribution in [3.8, 4) is 5.75 Å². The lowest BCUT2D eigenvalue weighted by Crippen LogP contribution is -2.08. The molecule has 0 aliphatic heterocycles. The molecule has 0 amide bonds. The van der Waals surface area contributed by atoms with Gasteiger partial charge in [0.2, 0.25) is 0 Å². The van der Waals surface area contributed by atoms with E-state index in [1.165, 1.54) is 16.9 Å². The SMILES string of the molecule is Cc1cc(CCNc2ncnc3scnc23)c(C)cc1O. The van der Waals surface area contributed by atoms with E-state index in [1.54, 1.807) is 11.8 Å². The molecule has 6 heteroatoms. The van der Waals surface area contributed by atoms with Gasteiger partial charge in [-0.05, 0) is 43.0 Å². The molecular formula is C15H16N4OS. The van der Waals surface area contributed by atoms with Crippen LogP contribution in [0.5, 0.6) is 5.75 Å². The first-order valence-electron chi connectivity index (χ1n) is 6.72. The number of nitrogens with zero attached hydrogens (tertiary/aromatic N) is 3. The molecule has 0 aliphatic carbocycles. The average Bonchev–Trinajstić information content (AvgIpc) is 2.93. The van der Waals surface area contributed by atoms with Gasteiger partial charge in [0.1, 0.15) is 22.4 Å². The van der Waals surface area contributed by atoms with Gasteiger partial charge in [-0.1, -0.05) is 6.07 Å². The van der Waals surface area contributed by atoms with Gasteiger partial charge in [0.15, 0.2) is 5.82 Å². The predicted octanol–water partition coefficient (Wildman–Crippen LogP) is 3.06. The molecule has 2 aromatic heterocycles. The minimum atomic E-state index is 0.351. The smallest absolute Gasteiger partial charge is 0.156 e. The molecule has 0 radical (unpaired) electrons. The number of phenols is 1. The molecule has 0 atom stereocenters. The van der Waals surface area contributed by atoms with Crippen LogP contribution in [0.1, 0.15) is 16.7 Å². The summed E-state index contributed by atoms with van der Waals surface area (Å²) < 4.78 is 0. The molecule has 0 bridgehead atoms. The van der Waals surface area contributed by atoms with Gasteiger partial charge in [-0.2, -0.15) is 0 Å². The largest absolute Gasteiger partial charge is 0.508 e. The van der Waals surface area contributed by atoms with Crippen LogP contribution < -0.4 is 5.32 Å². The van der Waals surface area contributed by atoms with E-state index >= 15 is 0 Å². The lowest BCUT2D eigenvalue weighted by molar-refractivity contribution is 0.470. The van der Waals surface area contributed by atoms with Crippen molar-refractivity contribution in [3.63, 3.8) is 0 Å². The van der Waals surface area contributed by atoms with Crippen LogP contribution in [0, 0.1) is 13.8 Å². The maximum absolute atomic E-state index is 9.68. The summed E-state index contributed by atoms with van der Waals surface area (Å²) >= 11 is 1.51. The Balaban J connectivity index is 1.72. The summed E-state index contributed by atoms with van der Waals surface area (Å²) in [7, 11) is 0. The van der Waals surface area contributed by atoms with E-state index in [4.69, 9.17) is 0 Å². The number of hydrogen-bond donors (Lipinski definition) is 2. The number of rotatable bonds is 4. The van der Waals surface area contributed by atoms with Crippen LogP contribution >= 0.6 is 11.3 Å². The third-order valence-electron chi connectivity index (χ3n) is 3.48. The van der Waals surface area contributed by atoms with Crippen molar-refractivity contribution in [2.24, 2.45) is 0 Å². The number of hydrogen-bond acceptors (Lipinski definition) is 6. The molecule has 0 spiro atoms. The Labute approximate surface area is 126 Å². The molecular weight excluding hydrogens is 284 g/mol. The highest BCUT2D eigenvalue weighted by atomic mass is 32.1. The molecule has 0 unspecified atom stereocenters. The Kier molecular flexibility index (Phi) is 3.70. The summed E-state index contributed by atoms with van der Waals surface area (Å²) in [5.74, 6) is 1.12. The van der Waals surface area contributed by atoms with E-state index in [1.807, 2.05) is 26.0 Å². The van der Waals surface area contributed by atoms with Crippen molar-refractivity contribution in [1.82, 2.24) is 15.0 Å². The Hall–Kier alpha value is -2.21. The number of thiazole rings is 1. The maximum Gasteiger partial charge on any atom is 0.156 e. The van der Waals surface area contributed by atoms with Crippen molar-refractivity contribution < 1.29 is 5.11 Å². The molecule has 0 aliphatic rings. The molecule has 0 saturated heterocycles. The number of benzene rings is 1. The van der Waals surface area contributed by atoms with Gasteiger partial charge in [0.25, 0.3) is 0 Å². The lowest BCUT2D eigenvalue weighted by Gasteiger charge is -2.10. The van der Waals surface area contributed by atoms with Gasteiger partial charge in [0.05, 0.1) is 5.51 Å². The highest BCUT2D eigenvalue weighted by molar-refractivity contribution is 7.16. The number of phenolic OH excluding ortho intramolecular Hbond substituents is 1. The highest BCUT2D eigenvalue weighted by Crippen LogP contribution is 2.23. The second-order valence-corrected chi connectivity index (χ2v) is 5.80. The quantitative estimate of drug-likeness (QED) is 0.775. The van der Waals surface area contributed by atoms with Crippen LogP contribution in [0.2, 0.25) is 0 Å². The third kappa shape index (κ3) is 2.80. The van der Waals surface area contributed by atoms with Gasteiger partial charge in [-0.3, -0.25) is 0 Å². The standard InChI is InChI=1S/C15H16N4OS/c1-9-6-12(20)10(2)5-11(9)3-4-16-14-13-15(18-7-17-14)21-8-19-13/h5-8,20H,3-4H2,1-2H3,(H,16,17,18). The van der Waals surface area contributed by atoms with Crippen LogP contribution in [0.4, 0.5) is 5.82 Å². The Morgan fingerprint density at radius 1 is 1.14 bits per heavy atom. The molecule has 1 aromatic carbocycles. The number of anilines is 1. The normalized spacial score (nSPS) is 11.0. The summed E-state index contributed by atoms with van der Waals surface area (Å²) in [4.78, 5) is 13.6. The fraction of sp³-hybridized carbons (Fsp3) is 0.267. The first-order valence-corrected chi connectivity index (χ1v) is 7.60. The van der Waals surface area contributed by atoms with Crippen LogP contribution in [0.15, 0.2) is 24.0 Å². The molecule has 2 heterocycles. The maximum atomic E-state index is 9.68. The van der Waals surface area contributed by atoms with E-state index in [-0.39, 0.29) is 0 Å². The summed E-state index contributed by atoms with van der Waals surface area (Å²) in [6, 6.07) is 3.85. The first-order chi connectivity index (χ1) is 10.1. The zero-order chi connectivity index (χ0) is 14.8. The van der Waals surface area contributed by atoms with E-state index in [9.17, 15) is 5.11 Å². The molecule has 0 fully saturated rings. The summed E-state index contributed by atoms with van der Waals surface area (Å²) in [5, 5.41) is 13.0. The Bertz CT molecular complexity index is 784. The topological polar surface area (TPSA) is 70.9 Å². The lowest BCUT2D eigenvalue weighted by atomic mass is 10.0. The van der Waals surface area contributed by atoms with Crippen molar-refractivity contribution in [2.75, 3.05) is 11.9 Å². The van der Waals surface area contributed by atoms with Crippen LogP contribution in [0.25, 0.3) is 10.3 Å². The molecule has 3 rings (SSSR count). The number of fused-ring (bicyclic) bond motifs is 1. The van der Waals surface area contributed by atoms with Gasteiger partial charge in [0, 0.05) is 6.54 Å². The summed E-state index contributed by atoms with van der Waals surface area (Å²) in [6.45, 7) is 4.68. The highest BCUT2D eigenvalue weighted by Gasteiger charge is 2.07. The van der Waals surface area contributed by atoms with Crippen molar-refractivity contribution in [1.29, 1.82) is 0 Å². The number of aromatic hydroxyl groups is 1. The Morgan fingerprint density at radius 2 is 2.00 bits per heavy atom. The van der Waals surface area contributed by atoms with E-state index < -0.39 is 0 Å². The molecule has 21 heavy (non-hydrogen) atoms. The van der Waals surface area contributed by atoms with E-state index in [2.05, 4.69) is 20.3 Å². The minimum absolute atomic E-state index is 0.351. The Morgan fingerprint density at radius 3 is 2.86 bits per heavy atom. The van der Waals surface area contributed by atoms with E-state index in [0.29, 0.717) is 5.75 Å². The number of aromatic nitrogens is 3. The van der Waals surface area contributed by atoms with Crippen molar-refractivity contribution >= 4 is 27.5 Å². The third-order valence-corrected chi connectivity index (χ3v) is 4.21. The average molecular weight is 300 g/mol. The zero-order valence-corrected chi connectivity index (χ0v) is 12.7. The second-order valence-electron chi connectivity index (χ2n) is 4.97. The van der Waals surface area contributed by atoms with Gasteiger partial charge < -0.3 is 10.4 Å². The van der Waals surface area contributed by atoms with Crippen molar-refractivity contribution in [2.45, 2.75) is 20.3 Å². The fourth-order valence-corrected chi connectivity index (χ4v) is 2.90. The molecule has 3 aromatic rings. The molecule has 2 N–H and O–H groups in total. The van der Waals surface area contributed by atoms with Crippen LogP contribution in [0.3, 0.4) is 0 Å². The van der Waals surface area contributed by atoms with Crippen LogP contribution in [-0.2, 0) is 6.42 Å². The zero-order valence-electron chi connectivity index (χ0n) is 11.9. The first kappa shape index (κ1) is 13.8. The predicted molar refractivity (Wildman–Crippen MR) is 85.0 cm³/mol. The summed E-state index contributed by atoms with van der Waals surface area (Å²) in [5.41, 5.74) is 5.82. The summed E-state index contributed by atoms with van der Waals surface area (Å²) in [6.07, 6.45) is 2.42. The minimum Gasteiger partial charge on any atom is -0.508 e. The fourth-order valence-electron chi connectivity index (χ4n) is 2.27. The van der Waals surface area contributed by atoms with Gasteiger partial charge in [-0.15, -0.1) is 11.3 Å². The number of nitrogens with one attached hydrogen (secondary N) is 1. The molecule has 108 valence electrons. The van der Waals surface area contributed by atoms with Gasteiger partial charge >= 0.3 is 0 Å². The van der Waals surface area contributed by atoms with E-state index in [0.717, 1.165) is 40.3 Å². The monoisotopic (exact) mass is 300 g/mol. The second kappa shape index (κ2) is 5.65. The number of aryl methyl sites for hydroxylation is 2. The van der Waals surface area contributed by atoms with Gasteiger partial charge in [-0.25, -0.2) is 15.0 Å². The van der Waals surface area contributed by atoms with Crippen LogP contribution in [-0.4, -0.2) is 26.6 Å². The molecule has 0 saturated carbocycles. The molecule has 5 nitrogen and oxygen atoms in total. The van der Waals surface area contributed by atoms with Crippen molar-refractivity contribution in [3.05, 3.63) is 40.7 Å².